The molecule has 7 heteroatoms. The number of benzene rings is 2. The van der Waals surface area contributed by atoms with Crippen molar-refractivity contribution in [1.29, 1.82) is 0 Å². The second-order valence-electron chi connectivity index (χ2n) is 7.17. The lowest BCUT2D eigenvalue weighted by atomic mass is 10.1. The number of carboxylic acids is 1. The van der Waals surface area contributed by atoms with Gasteiger partial charge in [-0.25, -0.2) is 4.79 Å². The Hall–Kier alpha value is -2.29. The van der Waals surface area contributed by atoms with E-state index in [0.717, 1.165) is 9.26 Å². The van der Waals surface area contributed by atoms with Crippen LogP contribution in [-0.4, -0.2) is 53.7 Å². The Bertz CT molecular complexity index is 859. The Kier molecular flexibility index (Phi) is 6.12. The van der Waals surface area contributed by atoms with Crippen molar-refractivity contribution in [3.8, 4) is 5.75 Å². The highest BCUT2D eigenvalue weighted by Crippen LogP contribution is 2.32. The second-order valence-corrected chi connectivity index (χ2v) is 8.42. The van der Waals surface area contributed by atoms with Crippen LogP contribution in [-0.2, 0) is 4.79 Å². The number of anilines is 1. The van der Waals surface area contributed by atoms with Gasteiger partial charge in [-0.1, -0.05) is 12.1 Å². The van der Waals surface area contributed by atoms with Gasteiger partial charge in [0.25, 0.3) is 5.91 Å². The van der Waals surface area contributed by atoms with Gasteiger partial charge in [0.2, 0.25) is 0 Å². The molecule has 3 rings (SSSR count). The van der Waals surface area contributed by atoms with Gasteiger partial charge in [-0.3, -0.25) is 4.79 Å². The Morgan fingerprint density at radius 3 is 2.21 bits per heavy atom. The number of rotatable bonds is 5. The number of aliphatic carboxylic acids is 1. The van der Waals surface area contributed by atoms with Crippen LogP contribution in [0.25, 0.3) is 0 Å². The van der Waals surface area contributed by atoms with E-state index in [1.165, 1.54) is 13.8 Å². The molecule has 0 spiro atoms. The molecule has 0 atom stereocenters. The van der Waals surface area contributed by atoms with Gasteiger partial charge in [0.1, 0.15) is 5.75 Å². The fraction of sp³-hybridized carbons (Fsp3) is 0.333. The van der Waals surface area contributed by atoms with Crippen molar-refractivity contribution in [3.63, 3.8) is 0 Å². The fourth-order valence-corrected chi connectivity index (χ4v) is 3.41. The molecular formula is C21H23IN2O4. The number of amides is 1. The number of carboxylic acid groups (broad SMARTS) is 1. The van der Waals surface area contributed by atoms with Gasteiger partial charge >= 0.3 is 5.97 Å². The molecule has 1 aliphatic rings. The quantitative estimate of drug-likeness (QED) is 0.645. The van der Waals surface area contributed by atoms with Gasteiger partial charge in [-0.05, 0) is 72.8 Å². The highest BCUT2D eigenvalue weighted by Gasteiger charge is 2.31. The average molecular weight is 494 g/mol. The summed E-state index contributed by atoms with van der Waals surface area (Å²) in [6, 6.07) is 15.0. The topological polar surface area (TPSA) is 70.1 Å². The molecule has 1 heterocycles. The maximum atomic E-state index is 12.7. The third-order valence-electron chi connectivity index (χ3n) is 4.74. The van der Waals surface area contributed by atoms with Crippen LogP contribution < -0.4 is 9.64 Å². The van der Waals surface area contributed by atoms with E-state index in [1.807, 2.05) is 47.4 Å². The van der Waals surface area contributed by atoms with Crippen molar-refractivity contribution < 1.29 is 19.4 Å². The first-order valence-electron chi connectivity index (χ1n) is 9.09. The Balaban J connectivity index is 1.69. The first-order chi connectivity index (χ1) is 13.3. The Morgan fingerprint density at radius 1 is 1.00 bits per heavy atom. The van der Waals surface area contributed by atoms with Gasteiger partial charge in [0.15, 0.2) is 5.60 Å². The van der Waals surface area contributed by atoms with Crippen molar-refractivity contribution in [2.45, 2.75) is 19.4 Å². The third-order valence-corrected chi connectivity index (χ3v) is 5.46. The van der Waals surface area contributed by atoms with Crippen molar-refractivity contribution in [2.75, 3.05) is 31.1 Å². The zero-order chi connectivity index (χ0) is 20.3. The molecule has 1 N–H and O–H groups in total. The van der Waals surface area contributed by atoms with E-state index in [4.69, 9.17) is 4.74 Å². The van der Waals surface area contributed by atoms with E-state index in [-0.39, 0.29) is 5.91 Å². The molecule has 148 valence electrons. The lowest BCUT2D eigenvalue weighted by molar-refractivity contribution is -0.152. The summed E-state index contributed by atoms with van der Waals surface area (Å²) in [7, 11) is 0. The molecule has 1 amide bonds. The van der Waals surface area contributed by atoms with Crippen LogP contribution in [0.3, 0.4) is 0 Å². The molecule has 2 aromatic carbocycles. The molecule has 0 unspecified atom stereocenters. The van der Waals surface area contributed by atoms with Crippen molar-refractivity contribution >= 4 is 40.2 Å². The van der Waals surface area contributed by atoms with Crippen LogP contribution in [0, 0.1) is 3.57 Å². The lowest BCUT2D eigenvalue weighted by Crippen LogP contribution is -2.49. The van der Waals surface area contributed by atoms with Crippen LogP contribution in [0.15, 0.2) is 48.5 Å². The minimum atomic E-state index is -1.32. The Labute approximate surface area is 178 Å². The molecule has 0 saturated carbocycles. The lowest BCUT2D eigenvalue weighted by Gasteiger charge is -2.37. The van der Waals surface area contributed by atoms with E-state index in [9.17, 15) is 14.7 Å². The van der Waals surface area contributed by atoms with Gasteiger partial charge in [0, 0.05) is 35.3 Å². The van der Waals surface area contributed by atoms with Gasteiger partial charge < -0.3 is 19.6 Å². The fourth-order valence-electron chi connectivity index (χ4n) is 3.05. The molecule has 28 heavy (non-hydrogen) atoms. The van der Waals surface area contributed by atoms with E-state index in [2.05, 4.69) is 27.5 Å². The highest BCUT2D eigenvalue weighted by molar-refractivity contribution is 14.1. The first kappa shape index (κ1) is 20.4. The molecule has 1 saturated heterocycles. The minimum absolute atomic E-state index is 0.0348. The SMILES string of the molecule is CC(C)(Oc1ccccc1N1CCN(C(=O)c2ccc(I)cc2)CC1)C(=O)O. The van der Waals surface area contributed by atoms with E-state index < -0.39 is 11.6 Å². The molecule has 0 bridgehead atoms. The first-order valence-corrected chi connectivity index (χ1v) is 10.2. The van der Waals surface area contributed by atoms with Gasteiger partial charge in [-0.15, -0.1) is 0 Å². The Morgan fingerprint density at radius 2 is 1.61 bits per heavy atom. The number of para-hydroxylation sites is 2. The summed E-state index contributed by atoms with van der Waals surface area (Å²) >= 11 is 2.22. The molecular weight excluding hydrogens is 471 g/mol. The predicted molar refractivity (Wildman–Crippen MR) is 116 cm³/mol. The average Bonchev–Trinajstić information content (AvgIpc) is 2.68. The minimum Gasteiger partial charge on any atom is -0.478 e. The van der Waals surface area contributed by atoms with Gasteiger partial charge in [0.05, 0.1) is 5.69 Å². The number of hydrogen-bond donors (Lipinski definition) is 1. The third kappa shape index (κ3) is 4.57. The molecule has 0 aromatic heterocycles. The van der Waals surface area contributed by atoms with E-state index in [0.29, 0.717) is 37.5 Å². The summed E-state index contributed by atoms with van der Waals surface area (Å²) in [6.45, 7) is 5.57. The monoisotopic (exact) mass is 494 g/mol. The van der Waals surface area contributed by atoms with Crippen LogP contribution in [0.1, 0.15) is 24.2 Å². The summed E-state index contributed by atoms with van der Waals surface area (Å²) in [5.74, 6) is -0.449. The zero-order valence-electron chi connectivity index (χ0n) is 15.9. The highest BCUT2D eigenvalue weighted by atomic mass is 127. The molecule has 2 aromatic rings. The molecule has 6 nitrogen and oxygen atoms in total. The normalized spacial score (nSPS) is 14.7. The summed E-state index contributed by atoms with van der Waals surface area (Å²) in [5.41, 5.74) is 0.220. The van der Waals surface area contributed by atoms with Crippen molar-refractivity contribution in [3.05, 3.63) is 57.7 Å². The summed E-state index contributed by atoms with van der Waals surface area (Å²) in [6.07, 6.45) is 0. The predicted octanol–water partition coefficient (Wildman–Crippen LogP) is 3.50. The largest absolute Gasteiger partial charge is 0.478 e. The zero-order valence-corrected chi connectivity index (χ0v) is 18.0. The number of carbonyl (C=O) groups excluding carboxylic acids is 1. The molecule has 0 aliphatic carbocycles. The second kappa shape index (κ2) is 8.38. The van der Waals surface area contributed by atoms with Gasteiger partial charge in [-0.2, -0.15) is 0 Å². The van der Waals surface area contributed by atoms with Crippen LogP contribution in [0.2, 0.25) is 0 Å². The standard InChI is InChI=1S/C21H23IN2O4/c1-21(2,20(26)27)28-18-6-4-3-5-17(18)23-11-13-24(14-12-23)19(25)15-7-9-16(22)10-8-15/h3-10H,11-14H2,1-2H3,(H,26,27). The van der Waals surface area contributed by atoms with Crippen LogP contribution >= 0.6 is 22.6 Å². The maximum Gasteiger partial charge on any atom is 0.347 e. The summed E-state index contributed by atoms with van der Waals surface area (Å²) < 4.78 is 6.88. The van der Waals surface area contributed by atoms with Crippen LogP contribution in [0.5, 0.6) is 5.75 Å². The smallest absolute Gasteiger partial charge is 0.347 e. The number of ether oxygens (including phenoxy) is 1. The number of nitrogens with zero attached hydrogens (tertiary/aromatic N) is 2. The summed E-state index contributed by atoms with van der Waals surface area (Å²) in [4.78, 5) is 28.1. The van der Waals surface area contributed by atoms with Crippen LogP contribution in [0.4, 0.5) is 5.69 Å². The van der Waals surface area contributed by atoms with Crippen molar-refractivity contribution in [1.82, 2.24) is 4.90 Å². The molecule has 0 radical (unpaired) electrons. The van der Waals surface area contributed by atoms with E-state index >= 15 is 0 Å². The maximum absolute atomic E-state index is 12.7. The molecule has 1 fully saturated rings. The van der Waals surface area contributed by atoms with Crippen molar-refractivity contribution in [2.24, 2.45) is 0 Å². The summed E-state index contributed by atoms with van der Waals surface area (Å²) in [5, 5.41) is 9.34. The number of halogens is 1. The number of hydrogen-bond acceptors (Lipinski definition) is 4. The molecule has 1 aliphatic heterocycles. The number of carbonyl (C=O) groups is 2. The van der Waals surface area contributed by atoms with E-state index in [1.54, 1.807) is 6.07 Å². The number of piperazine rings is 1.